The summed E-state index contributed by atoms with van der Waals surface area (Å²) in [6, 6.07) is 3.97. The molecule has 0 aliphatic rings. The fourth-order valence-corrected chi connectivity index (χ4v) is 1.74. The van der Waals surface area contributed by atoms with E-state index < -0.39 is 15.4 Å². The van der Waals surface area contributed by atoms with Gasteiger partial charge in [0.1, 0.15) is 5.82 Å². The second kappa shape index (κ2) is 3.91. The second-order valence-corrected chi connectivity index (χ2v) is 5.50. The van der Waals surface area contributed by atoms with E-state index in [0.717, 1.165) is 0 Å². The Bertz CT molecular complexity index is 559. The van der Waals surface area contributed by atoms with Crippen LogP contribution in [0.4, 0.5) is 4.39 Å². The van der Waals surface area contributed by atoms with Crippen molar-refractivity contribution in [2.75, 3.05) is 0 Å². The largest absolute Gasteiger partial charge is 0.360 e. The number of aromatic nitrogens is 1. The summed E-state index contributed by atoms with van der Waals surface area (Å²) >= 11 is 16.5. The van der Waals surface area contributed by atoms with E-state index in [-0.39, 0.29) is 5.56 Å². The Labute approximate surface area is 105 Å². The zero-order valence-electron chi connectivity index (χ0n) is 7.73. The zero-order chi connectivity index (χ0) is 11.9. The fraction of sp³-hybridized carbons (Fsp3) is 0.100. The van der Waals surface area contributed by atoms with E-state index in [1.165, 1.54) is 24.4 Å². The predicted octanol–water partition coefficient (Wildman–Crippen LogP) is 3.86. The lowest BCUT2D eigenvalue weighted by Crippen LogP contribution is -2.18. The lowest BCUT2D eigenvalue weighted by Gasteiger charge is -2.07. The van der Waals surface area contributed by atoms with Crippen molar-refractivity contribution in [3.8, 4) is 0 Å². The van der Waals surface area contributed by atoms with Crippen LogP contribution in [0.25, 0.3) is 10.9 Å². The number of alkyl halides is 3. The highest BCUT2D eigenvalue weighted by Gasteiger charge is 2.33. The molecule has 0 radical (unpaired) electrons. The first-order valence-electron chi connectivity index (χ1n) is 4.28. The average Bonchev–Trinajstić information content (AvgIpc) is 2.57. The number of hydrogen-bond donors (Lipinski definition) is 1. The van der Waals surface area contributed by atoms with Crippen LogP contribution in [0.1, 0.15) is 10.4 Å². The summed E-state index contributed by atoms with van der Waals surface area (Å²) in [5.74, 6) is -1.04. The van der Waals surface area contributed by atoms with E-state index in [1.54, 1.807) is 0 Å². The normalized spacial score (nSPS) is 12.0. The highest BCUT2D eigenvalue weighted by molar-refractivity contribution is 6.77. The van der Waals surface area contributed by atoms with Gasteiger partial charge in [0.15, 0.2) is 0 Å². The number of nitrogens with one attached hydrogen (secondary N) is 1. The number of hydrogen-bond acceptors (Lipinski definition) is 1. The Hall–Kier alpha value is -0.770. The molecule has 1 N–H and O–H groups in total. The number of rotatable bonds is 1. The van der Waals surface area contributed by atoms with E-state index in [1.807, 2.05) is 0 Å². The molecule has 0 aliphatic carbocycles. The van der Waals surface area contributed by atoms with Gasteiger partial charge >= 0.3 is 0 Å². The number of aromatic amines is 1. The molecule has 0 bridgehead atoms. The van der Waals surface area contributed by atoms with Gasteiger partial charge in [0.05, 0.1) is 0 Å². The Morgan fingerprint density at radius 1 is 1.31 bits per heavy atom. The average molecular weight is 281 g/mol. The van der Waals surface area contributed by atoms with E-state index in [2.05, 4.69) is 4.98 Å². The molecular formula is C10H5Cl3FNO. The van der Waals surface area contributed by atoms with Gasteiger partial charge < -0.3 is 4.98 Å². The van der Waals surface area contributed by atoms with Crippen molar-refractivity contribution in [2.45, 2.75) is 3.79 Å². The molecule has 1 aromatic carbocycles. The van der Waals surface area contributed by atoms with Gasteiger partial charge in [-0.05, 0) is 18.2 Å². The van der Waals surface area contributed by atoms with Crippen molar-refractivity contribution in [2.24, 2.45) is 0 Å². The molecule has 84 valence electrons. The Kier molecular flexibility index (Phi) is 2.86. The maximum Gasteiger partial charge on any atom is 0.253 e. The van der Waals surface area contributed by atoms with E-state index in [4.69, 9.17) is 34.8 Å². The number of H-pyrrole nitrogens is 1. The van der Waals surface area contributed by atoms with Gasteiger partial charge in [-0.3, -0.25) is 4.79 Å². The summed E-state index contributed by atoms with van der Waals surface area (Å²) in [4.78, 5) is 14.5. The third-order valence-corrected chi connectivity index (χ3v) is 2.66. The van der Waals surface area contributed by atoms with Crippen LogP contribution in [0, 0.1) is 5.82 Å². The highest BCUT2D eigenvalue weighted by atomic mass is 35.6. The number of carbonyl (C=O) groups is 1. The summed E-state index contributed by atoms with van der Waals surface area (Å²) < 4.78 is 10.9. The molecule has 16 heavy (non-hydrogen) atoms. The lowest BCUT2D eigenvalue weighted by molar-refractivity contribution is 0.0998. The molecule has 2 rings (SSSR count). The molecule has 0 amide bonds. The van der Waals surface area contributed by atoms with Crippen molar-refractivity contribution in [3.05, 3.63) is 35.8 Å². The predicted molar refractivity (Wildman–Crippen MR) is 62.9 cm³/mol. The maximum absolute atomic E-state index is 12.9. The third kappa shape index (κ3) is 2.03. The highest BCUT2D eigenvalue weighted by Crippen LogP contribution is 2.33. The van der Waals surface area contributed by atoms with Crippen LogP contribution >= 0.6 is 34.8 Å². The fourth-order valence-electron chi connectivity index (χ4n) is 1.44. The minimum atomic E-state index is -2.01. The number of ketones is 1. The van der Waals surface area contributed by atoms with E-state index >= 15 is 0 Å². The molecule has 0 atom stereocenters. The van der Waals surface area contributed by atoms with Gasteiger partial charge in [-0.25, -0.2) is 4.39 Å². The zero-order valence-corrected chi connectivity index (χ0v) is 10.00. The quantitative estimate of drug-likeness (QED) is 0.624. The molecule has 1 heterocycles. The Morgan fingerprint density at radius 2 is 2.00 bits per heavy atom. The molecule has 2 aromatic rings. The monoisotopic (exact) mass is 279 g/mol. The number of carbonyl (C=O) groups excluding carboxylic acids is 1. The van der Waals surface area contributed by atoms with Crippen LogP contribution in [0.3, 0.4) is 0 Å². The van der Waals surface area contributed by atoms with Crippen LogP contribution < -0.4 is 0 Å². The van der Waals surface area contributed by atoms with Gasteiger partial charge in [0, 0.05) is 22.7 Å². The summed E-state index contributed by atoms with van der Waals surface area (Å²) in [5.41, 5.74) is 0.715. The lowest BCUT2D eigenvalue weighted by atomic mass is 10.1. The van der Waals surface area contributed by atoms with Gasteiger partial charge in [-0.1, -0.05) is 34.8 Å². The first kappa shape index (κ1) is 11.7. The molecule has 0 saturated carbocycles. The summed E-state index contributed by atoms with van der Waals surface area (Å²) in [5, 5.41) is 0.526. The standard InChI is InChI=1S/C10H5Cl3FNO/c11-10(12,13)9(16)7-4-15-8-3-5(14)1-2-6(7)8/h1-4,15H. The SMILES string of the molecule is O=C(c1c[nH]c2cc(F)ccc12)C(Cl)(Cl)Cl. The molecule has 0 unspecified atom stereocenters. The van der Waals surface area contributed by atoms with Crippen LogP contribution in [-0.4, -0.2) is 14.6 Å². The third-order valence-electron chi connectivity index (χ3n) is 2.15. The first-order chi connectivity index (χ1) is 7.39. The molecule has 0 saturated heterocycles. The molecule has 0 spiro atoms. The molecule has 1 aromatic heterocycles. The molecule has 6 heteroatoms. The maximum atomic E-state index is 12.9. The molecule has 0 fully saturated rings. The minimum Gasteiger partial charge on any atom is -0.360 e. The number of fused-ring (bicyclic) bond motifs is 1. The van der Waals surface area contributed by atoms with Gasteiger partial charge in [0.2, 0.25) is 5.78 Å². The van der Waals surface area contributed by atoms with Crippen LogP contribution in [-0.2, 0) is 0 Å². The van der Waals surface area contributed by atoms with Crippen LogP contribution in [0.2, 0.25) is 0 Å². The van der Waals surface area contributed by atoms with E-state index in [9.17, 15) is 9.18 Å². The van der Waals surface area contributed by atoms with Gasteiger partial charge in [-0.2, -0.15) is 0 Å². The van der Waals surface area contributed by atoms with Crippen molar-refractivity contribution in [1.29, 1.82) is 0 Å². The first-order valence-corrected chi connectivity index (χ1v) is 5.41. The minimum absolute atomic E-state index is 0.231. The summed E-state index contributed by atoms with van der Waals surface area (Å²) in [7, 11) is 0. The smallest absolute Gasteiger partial charge is 0.253 e. The van der Waals surface area contributed by atoms with Crippen LogP contribution in [0.15, 0.2) is 24.4 Å². The molecule has 0 aliphatic heterocycles. The van der Waals surface area contributed by atoms with Crippen molar-refractivity contribution < 1.29 is 9.18 Å². The summed E-state index contributed by atoms with van der Waals surface area (Å²) in [6.07, 6.45) is 1.40. The summed E-state index contributed by atoms with van der Waals surface area (Å²) in [6.45, 7) is 0. The Morgan fingerprint density at radius 3 is 2.62 bits per heavy atom. The molecular weight excluding hydrogens is 275 g/mol. The van der Waals surface area contributed by atoms with Crippen molar-refractivity contribution in [1.82, 2.24) is 4.98 Å². The van der Waals surface area contributed by atoms with Crippen LogP contribution in [0.5, 0.6) is 0 Å². The van der Waals surface area contributed by atoms with Gasteiger partial charge in [0.25, 0.3) is 3.79 Å². The number of benzene rings is 1. The molecule has 2 nitrogen and oxygen atoms in total. The number of halogens is 4. The number of Topliss-reactive ketones (excluding diaryl/α,β-unsaturated/α-hetero) is 1. The van der Waals surface area contributed by atoms with Crippen molar-refractivity contribution >= 4 is 51.5 Å². The second-order valence-electron chi connectivity index (χ2n) is 3.22. The topological polar surface area (TPSA) is 32.9 Å². The van der Waals surface area contributed by atoms with Crippen molar-refractivity contribution in [3.63, 3.8) is 0 Å². The van der Waals surface area contributed by atoms with Gasteiger partial charge in [-0.15, -0.1) is 0 Å². The Balaban J connectivity index is 2.59. The van der Waals surface area contributed by atoms with E-state index in [0.29, 0.717) is 10.9 Å².